The van der Waals surface area contributed by atoms with Crippen molar-refractivity contribution in [3.8, 4) is 17.0 Å². The van der Waals surface area contributed by atoms with Gasteiger partial charge in [-0.25, -0.2) is 9.66 Å². The molecule has 0 saturated carbocycles. The zero-order chi connectivity index (χ0) is 13.3. The maximum absolute atomic E-state index is 6.00. The largest absolute Gasteiger partial charge is 0.497 e. The Hall–Kier alpha value is -2.17. The average Bonchev–Trinajstić information content (AvgIpc) is 2.67. The van der Waals surface area contributed by atoms with Gasteiger partial charge in [0, 0.05) is 11.5 Å². The van der Waals surface area contributed by atoms with Crippen molar-refractivity contribution in [3.05, 3.63) is 30.1 Å². The third kappa shape index (κ3) is 1.99. The van der Waals surface area contributed by atoms with Gasteiger partial charge in [-0.2, -0.15) is 0 Å². The van der Waals surface area contributed by atoms with Crippen LogP contribution in [0.4, 0.5) is 5.82 Å². The summed E-state index contributed by atoms with van der Waals surface area (Å²) >= 11 is 0. The summed E-state index contributed by atoms with van der Waals surface area (Å²) in [4.78, 5) is 4.51. The summed E-state index contributed by atoms with van der Waals surface area (Å²) in [6.45, 7) is 4.06. The van der Waals surface area contributed by atoms with Gasteiger partial charge in [0.2, 0.25) is 0 Å². The molecular formula is C13H18N4O. The van der Waals surface area contributed by atoms with Crippen molar-refractivity contribution in [2.75, 3.05) is 18.7 Å². The number of methoxy groups -OCH3 is 1. The van der Waals surface area contributed by atoms with Crippen LogP contribution in [0.2, 0.25) is 0 Å². The maximum atomic E-state index is 6.00. The fourth-order valence-corrected chi connectivity index (χ4v) is 1.85. The van der Waals surface area contributed by atoms with Gasteiger partial charge in [-0.05, 0) is 12.1 Å². The van der Waals surface area contributed by atoms with Crippen LogP contribution in [-0.4, -0.2) is 16.8 Å². The summed E-state index contributed by atoms with van der Waals surface area (Å²) in [5, 5.41) is 0. The highest BCUT2D eigenvalue weighted by Gasteiger charge is 2.16. The third-order valence-electron chi connectivity index (χ3n) is 2.83. The Labute approximate surface area is 106 Å². The van der Waals surface area contributed by atoms with Gasteiger partial charge in [0.05, 0.1) is 7.11 Å². The molecule has 4 N–H and O–H groups in total. The molecule has 1 heterocycles. The molecule has 5 nitrogen and oxygen atoms in total. The fraction of sp³-hybridized carbons (Fsp3) is 0.308. The summed E-state index contributed by atoms with van der Waals surface area (Å²) in [5.74, 6) is 8.13. The second-order valence-corrected chi connectivity index (χ2v) is 4.46. The highest BCUT2D eigenvalue weighted by molar-refractivity contribution is 5.72. The van der Waals surface area contributed by atoms with E-state index in [0.717, 1.165) is 17.1 Å². The highest BCUT2D eigenvalue weighted by atomic mass is 16.5. The first-order chi connectivity index (χ1) is 8.54. The number of rotatable bonds is 3. The number of imidazole rings is 1. The predicted molar refractivity (Wildman–Crippen MR) is 72.9 cm³/mol. The molecule has 0 aliphatic rings. The molecule has 5 heteroatoms. The molecule has 0 aliphatic carbocycles. The Balaban J connectivity index is 2.53. The number of nitrogens with two attached hydrogens (primary N) is 2. The molecule has 0 unspecified atom stereocenters. The quantitative estimate of drug-likeness (QED) is 0.812. The lowest BCUT2D eigenvalue weighted by molar-refractivity contribution is 0.415. The Bertz CT molecular complexity index is 560. The van der Waals surface area contributed by atoms with Crippen molar-refractivity contribution >= 4 is 5.82 Å². The predicted octanol–water partition coefficient (Wildman–Crippen LogP) is 1.98. The molecule has 0 atom stereocenters. The Morgan fingerprint density at radius 1 is 1.33 bits per heavy atom. The van der Waals surface area contributed by atoms with E-state index in [1.807, 2.05) is 38.1 Å². The minimum atomic E-state index is 0.219. The standard InChI is InChI=1S/C13H18N4O/c1-8(2)13-16-11(12(14)17(13)15)9-5-4-6-10(7-9)18-3/h4-8H,14-15H2,1-3H3. The molecule has 2 rings (SSSR count). The molecule has 96 valence electrons. The number of benzene rings is 1. The van der Waals surface area contributed by atoms with Gasteiger partial charge in [-0.3, -0.25) is 0 Å². The molecule has 0 aliphatic heterocycles. The van der Waals surface area contributed by atoms with Crippen molar-refractivity contribution in [1.29, 1.82) is 0 Å². The number of nitrogen functional groups attached to an aromatic ring is 2. The minimum absolute atomic E-state index is 0.219. The fourth-order valence-electron chi connectivity index (χ4n) is 1.85. The van der Waals surface area contributed by atoms with E-state index in [2.05, 4.69) is 4.98 Å². The van der Waals surface area contributed by atoms with E-state index in [0.29, 0.717) is 11.5 Å². The van der Waals surface area contributed by atoms with Crippen molar-refractivity contribution in [3.63, 3.8) is 0 Å². The SMILES string of the molecule is COc1cccc(-c2nc(C(C)C)n(N)c2N)c1. The summed E-state index contributed by atoms with van der Waals surface area (Å²) in [6.07, 6.45) is 0. The van der Waals surface area contributed by atoms with E-state index in [9.17, 15) is 0 Å². The Morgan fingerprint density at radius 3 is 2.61 bits per heavy atom. The van der Waals surface area contributed by atoms with Crippen molar-refractivity contribution in [2.45, 2.75) is 19.8 Å². The van der Waals surface area contributed by atoms with Crippen LogP contribution in [0.5, 0.6) is 5.75 Å². The first kappa shape index (κ1) is 12.3. The molecule has 1 aromatic carbocycles. The van der Waals surface area contributed by atoms with Crippen LogP contribution in [0.15, 0.2) is 24.3 Å². The van der Waals surface area contributed by atoms with Gasteiger partial charge >= 0.3 is 0 Å². The Morgan fingerprint density at radius 2 is 2.06 bits per heavy atom. The van der Waals surface area contributed by atoms with Crippen molar-refractivity contribution < 1.29 is 4.74 Å². The molecule has 0 saturated heterocycles. The van der Waals surface area contributed by atoms with Gasteiger partial charge in [0.15, 0.2) is 5.82 Å². The Kier molecular flexibility index (Phi) is 3.14. The second kappa shape index (κ2) is 4.60. The first-order valence-electron chi connectivity index (χ1n) is 5.82. The number of nitrogens with zero attached hydrogens (tertiary/aromatic N) is 2. The van der Waals surface area contributed by atoms with Gasteiger partial charge in [-0.1, -0.05) is 26.0 Å². The summed E-state index contributed by atoms with van der Waals surface area (Å²) < 4.78 is 6.64. The molecule has 0 fully saturated rings. The van der Waals surface area contributed by atoms with Gasteiger partial charge in [-0.15, -0.1) is 0 Å². The summed E-state index contributed by atoms with van der Waals surface area (Å²) in [6, 6.07) is 7.61. The van der Waals surface area contributed by atoms with E-state index in [4.69, 9.17) is 16.3 Å². The van der Waals surface area contributed by atoms with E-state index in [-0.39, 0.29) is 5.92 Å². The van der Waals surface area contributed by atoms with E-state index < -0.39 is 0 Å². The lowest BCUT2D eigenvalue weighted by atomic mass is 10.1. The molecule has 0 amide bonds. The zero-order valence-electron chi connectivity index (χ0n) is 10.8. The smallest absolute Gasteiger partial charge is 0.150 e. The average molecular weight is 246 g/mol. The van der Waals surface area contributed by atoms with Crippen LogP contribution in [0, 0.1) is 0 Å². The number of anilines is 1. The highest BCUT2D eigenvalue weighted by Crippen LogP contribution is 2.29. The first-order valence-corrected chi connectivity index (χ1v) is 5.82. The minimum Gasteiger partial charge on any atom is -0.497 e. The molecule has 2 aromatic rings. The van der Waals surface area contributed by atoms with Crippen LogP contribution in [0.25, 0.3) is 11.3 Å². The number of aromatic nitrogens is 2. The van der Waals surface area contributed by atoms with Gasteiger partial charge in [0.25, 0.3) is 0 Å². The van der Waals surface area contributed by atoms with E-state index >= 15 is 0 Å². The molecule has 0 radical (unpaired) electrons. The van der Waals surface area contributed by atoms with Crippen LogP contribution in [0.1, 0.15) is 25.6 Å². The van der Waals surface area contributed by atoms with E-state index in [1.54, 1.807) is 7.11 Å². The molecule has 0 bridgehead atoms. The number of hydrogen-bond acceptors (Lipinski definition) is 4. The van der Waals surface area contributed by atoms with Crippen LogP contribution >= 0.6 is 0 Å². The summed E-state index contributed by atoms with van der Waals surface area (Å²) in [5.41, 5.74) is 7.59. The van der Waals surface area contributed by atoms with Crippen molar-refractivity contribution in [2.24, 2.45) is 0 Å². The normalized spacial score (nSPS) is 10.9. The van der Waals surface area contributed by atoms with Gasteiger partial charge in [0.1, 0.15) is 17.3 Å². The van der Waals surface area contributed by atoms with Crippen LogP contribution in [-0.2, 0) is 0 Å². The monoisotopic (exact) mass is 246 g/mol. The molecular weight excluding hydrogens is 228 g/mol. The van der Waals surface area contributed by atoms with Gasteiger partial charge < -0.3 is 16.3 Å². The van der Waals surface area contributed by atoms with Crippen LogP contribution < -0.4 is 16.3 Å². The topological polar surface area (TPSA) is 79.1 Å². The maximum Gasteiger partial charge on any atom is 0.150 e. The molecule has 0 spiro atoms. The van der Waals surface area contributed by atoms with Crippen molar-refractivity contribution in [1.82, 2.24) is 9.66 Å². The lowest BCUT2D eigenvalue weighted by Crippen LogP contribution is -2.16. The zero-order valence-corrected chi connectivity index (χ0v) is 10.8. The molecule has 18 heavy (non-hydrogen) atoms. The second-order valence-electron chi connectivity index (χ2n) is 4.46. The lowest BCUT2D eigenvalue weighted by Gasteiger charge is -2.04. The molecule has 1 aromatic heterocycles. The van der Waals surface area contributed by atoms with Crippen LogP contribution in [0.3, 0.4) is 0 Å². The third-order valence-corrected chi connectivity index (χ3v) is 2.83. The van der Waals surface area contributed by atoms with E-state index in [1.165, 1.54) is 4.68 Å². The number of hydrogen-bond donors (Lipinski definition) is 2. The number of ether oxygens (including phenoxy) is 1. The summed E-state index contributed by atoms with van der Waals surface area (Å²) in [7, 11) is 1.63.